The van der Waals surface area contributed by atoms with Gasteiger partial charge in [0.1, 0.15) is 5.75 Å². The Labute approximate surface area is 190 Å². The van der Waals surface area contributed by atoms with E-state index in [4.69, 9.17) is 16.3 Å². The second-order valence-corrected chi connectivity index (χ2v) is 7.90. The SMILES string of the molecule is CCOc1ccc(-n2cc3c(c2-c2ccccc2Cl)c(=O)n(-c2ccccc2)n3C)cc1. The third-order valence-corrected chi connectivity index (χ3v) is 5.93. The molecule has 3 aromatic carbocycles. The molecule has 0 unspecified atom stereocenters. The lowest BCUT2D eigenvalue weighted by Crippen LogP contribution is -2.20. The summed E-state index contributed by atoms with van der Waals surface area (Å²) in [6.45, 7) is 2.57. The molecule has 0 radical (unpaired) electrons. The van der Waals surface area contributed by atoms with Crippen molar-refractivity contribution >= 4 is 22.5 Å². The van der Waals surface area contributed by atoms with Gasteiger partial charge in [-0.3, -0.25) is 9.48 Å². The Morgan fingerprint density at radius 3 is 2.25 bits per heavy atom. The lowest BCUT2D eigenvalue weighted by atomic mass is 10.1. The van der Waals surface area contributed by atoms with Crippen LogP contribution in [0.5, 0.6) is 5.75 Å². The Kier molecular flexibility index (Phi) is 5.11. The van der Waals surface area contributed by atoms with Crippen LogP contribution >= 0.6 is 11.6 Å². The maximum Gasteiger partial charge on any atom is 0.281 e. The fourth-order valence-electron chi connectivity index (χ4n) is 4.15. The van der Waals surface area contributed by atoms with E-state index in [2.05, 4.69) is 0 Å². The van der Waals surface area contributed by atoms with Crippen molar-refractivity contribution < 1.29 is 4.74 Å². The van der Waals surface area contributed by atoms with Gasteiger partial charge in [-0.25, -0.2) is 4.68 Å². The lowest BCUT2D eigenvalue weighted by molar-refractivity contribution is 0.340. The van der Waals surface area contributed by atoms with Crippen LogP contribution in [-0.2, 0) is 7.05 Å². The van der Waals surface area contributed by atoms with E-state index in [0.29, 0.717) is 17.0 Å². The summed E-state index contributed by atoms with van der Waals surface area (Å²) in [6.07, 6.45) is 1.99. The van der Waals surface area contributed by atoms with Crippen molar-refractivity contribution in [3.05, 3.63) is 100 Å². The third kappa shape index (κ3) is 3.22. The molecule has 5 nitrogen and oxygen atoms in total. The van der Waals surface area contributed by atoms with E-state index in [1.165, 1.54) is 0 Å². The molecule has 160 valence electrons. The fraction of sp³-hybridized carbons (Fsp3) is 0.115. The average molecular weight is 444 g/mol. The monoisotopic (exact) mass is 443 g/mol. The summed E-state index contributed by atoms with van der Waals surface area (Å²) >= 11 is 6.61. The Hall–Kier alpha value is -3.70. The highest BCUT2D eigenvalue weighted by atomic mass is 35.5. The van der Waals surface area contributed by atoms with E-state index in [1.807, 2.05) is 108 Å². The van der Waals surface area contributed by atoms with E-state index < -0.39 is 0 Å². The molecule has 6 heteroatoms. The minimum Gasteiger partial charge on any atom is -0.494 e. The van der Waals surface area contributed by atoms with E-state index in [1.54, 1.807) is 4.68 Å². The molecule has 0 bridgehead atoms. The molecule has 0 amide bonds. The van der Waals surface area contributed by atoms with Crippen LogP contribution in [0.2, 0.25) is 5.02 Å². The second-order valence-electron chi connectivity index (χ2n) is 7.49. The number of para-hydroxylation sites is 1. The fourth-order valence-corrected chi connectivity index (χ4v) is 4.38. The van der Waals surface area contributed by atoms with Crippen molar-refractivity contribution in [2.24, 2.45) is 7.05 Å². The van der Waals surface area contributed by atoms with Crippen LogP contribution in [0.25, 0.3) is 33.5 Å². The molecule has 5 aromatic rings. The van der Waals surface area contributed by atoms with Crippen molar-refractivity contribution in [1.29, 1.82) is 0 Å². The first-order valence-electron chi connectivity index (χ1n) is 10.5. The summed E-state index contributed by atoms with van der Waals surface area (Å²) in [5.41, 5.74) is 4.04. The minimum absolute atomic E-state index is 0.0895. The Balaban J connectivity index is 1.82. The predicted octanol–water partition coefficient (Wildman–Crippen LogP) is 5.84. The largest absolute Gasteiger partial charge is 0.494 e. The van der Waals surface area contributed by atoms with E-state index in [0.717, 1.165) is 33.9 Å². The zero-order chi connectivity index (χ0) is 22.2. The first-order valence-corrected chi connectivity index (χ1v) is 10.8. The smallest absolute Gasteiger partial charge is 0.281 e. The molecule has 0 saturated carbocycles. The van der Waals surface area contributed by atoms with Gasteiger partial charge in [0.15, 0.2) is 0 Å². The lowest BCUT2D eigenvalue weighted by Gasteiger charge is -2.13. The highest BCUT2D eigenvalue weighted by Gasteiger charge is 2.23. The number of rotatable bonds is 5. The summed E-state index contributed by atoms with van der Waals surface area (Å²) in [4.78, 5) is 13.7. The van der Waals surface area contributed by atoms with Crippen molar-refractivity contribution in [3.8, 4) is 28.4 Å². The highest BCUT2D eigenvalue weighted by Crippen LogP contribution is 2.36. The molecule has 0 aliphatic heterocycles. The molecule has 0 spiro atoms. The van der Waals surface area contributed by atoms with Gasteiger partial charge in [0, 0.05) is 29.5 Å². The standard InChI is InChI=1S/C26H22ClN3O2/c1-3-32-20-15-13-18(14-16-20)29-17-23-24(25(29)21-11-7-8-12-22(21)27)26(31)30(28(23)2)19-9-5-4-6-10-19/h4-17H,3H2,1-2H3. The normalized spacial score (nSPS) is 11.2. The van der Waals surface area contributed by atoms with Crippen LogP contribution in [0.4, 0.5) is 0 Å². The van der Waals surface area contributed by atoms with E-state index in [9.17, 15) is 4.79 Å². The maximum atomic E-state index is 13.7. The molecule has 0 aliphatic rings. The number of aryl methyl sites for hydroxylation is 1. The zero-order valence-corrected chi connectivity index (χ0v) is 18.6. The molecule has 0 fully saturated rings. The summed E-state index contributed by atoms with van der Waals surface area (Å²) < 4.78 is 11.2. The highest BCUT2D eigenvalue weighted by molar-refractivity contribution is 6.33. The van der Waals surface area contributed by atoms with Crippen LogP contribution in [-0.4, -0.2) is 20.5 Å². The van der Waals surface area contributed by atoms with Gasteiger partial charge in [0.2, 0.25) is 0 Å². The van der Waals surface area contributed by atoms with E-state index in [-0.39, 0.29) is 5.56 Å². The van der Waals surface area contributed by atoms with Crippen molar-refractivity contribution in [2.75, 3.05) is 6.61 Å². The third-order valence-electron chi connectivity index (χ3n) is 5.60. The predicted molar refractivity (Wildman–Crippen MR) is 129 cm³/mol. The van der Waals surface area contributed by atoms with Gasteiger partial charge in [-0.2, -0.15) is 0 Å². The number of hydrogen-bond donors (Lipinski definition) is 0. The first-order chi connectivity index (χ1) is 15.6. The summed E-state index contributed by atoms with van der Waals surface area (Å²) in [5.74, 6) is 0.804. The van der Waals surface area contributed by atoms with Gasteiger partial charge in [0.25, 0.3) is 5.56 Å². The molecular formula is C26H22ClN3O2. The zero-order valence-electron chi connectivity index (χ0n) is 17.8. The Morgan fingerprint density at radius 2 is 1.56 bits per heavy atom. The van der Waals surface area contributed by atoms with Gasteiger partial charge >= 0.3 is 0 Å². The number of aromatic nitrogens is 3. The van der Waals surface area contributed by atoms with Crippen molar-refractivity contribution in [1.82, 2.24) is 13.9 Å². The maximum absolute atomic E-state index is 13.7. The molecule has 32 heavy (non-hydrogen) atoms. The van der Waals surface area contributed by atoms with Crippen LogP contribution < -0.4 is 10.3 Å². The number of hydrogen-bond acceptors (Lipinski definition) is 2. The molecule has 0 atom stereocenters. The number of benzene rings is 3. The minimum atomic E-state index is -0.0895. The van der Waals surface area contributed by atoms with Gasteiger partial charge in [0.05, 0.1) is 28.9 Å². The van der Waals surface area contributed by atoms with Crippen LogP contribution in [0.3, 0.4) is 0 Å². The van der Waals surface area contributed by atoms with E-state index >= 15 is 0 Å². The van der Waals surface area contributed by atoms with Crippen molar-refractivity contribution in [2.45, 2.75) is 6.92 Å². The van der Waals surface area contributed by atoms with Crippen LogP contribution in [0, 0.1) is 0 Å². The quantitative estimate of drug-likeness (QED) is 0.342. The first kappa shape index (κ1) is 20.2. The topological polar surface area (TPSA) is 41.1 Å². The molecular weight excluding hydrogens is 422 g/mol. The van der Waals surface area contributed by atoms with Crippen LogP contribution in [0.1, 0.15) is 6.92 Å². The van der Waals surface area contributed by atoms with Crippen molar-refractivity contribution in [3.63, 3.8) is 0 Å². The van der Waals surface area contributed by atoms with Gasteiger partial charge in [-0.05, 0) is 49.4 Å². The van der Waals surface area contributed by atoms with Crippen LogP contribution in [0.15, 0.2) is 89.9 Å². The Morgan fingerprint density at radius 1 is 0.875 bits per heavy atom. The second kappa shape index (κ2) is 8.09. The molecule has 5 rings (SSSR count). The molecule has 0 saturated heterocycles. The number of ether oxygens (including phenoxy) is 1. The number of halogens is 1. The average Bonchev–Trinajstić information content (AvgIpc) is 3.31. The summed E-state index contributed by atoms with van der Waals surface area (Å²) in [6, 6.07) is 25.1. The molecule has 2 aromatic heterocycles. The summed E-state index contributed by atoms with van der Waals surface area (Å²) in [7, 11) is 1.90. The van der Waals surface area contributed by atoms with Gasteiger partial charge in [-0.15, -0.1) is 0 Å². The molecule has 2 heterocycles. The molecule has 0 N–H and O–H groups in total. The summed E-state index contributed by atoms with van der Waals surface area (Å²) in [5, 5.41) is 1.22. The molecule has 0 aliphatic carbocycles. The van der Waals surface area contributed by atoms with Gasteiger partial charge < -0.3 is 9.30 Å². The number of nitrogens with zero attached hydrogens (tertiary/aromatic N) is 3. The Bertz CT molecular complexity index is 1460. The van der Waals surface area contributed by atoms with Gasteiger partial charge in [-0.1, -0.05) is 48.0 Å². The number of fused-ring (bicyclic) bond motifs is 1.